The fourth-order valence-corrected chi connectivity index (χ4v) is 2.03. The van der Waals surface area contributed by atoms with E-state index in [1.165, 1.54) is 11.3 Å². The molecule has 0 fully saturated rings. The molecule has 2 aromatic rings. The first-order chi connectivity index (χ1) is 10.1. The predicted octanol–water partition coefficient (Wildman–Crippen LogP) is 3.38. The van der Waals surface area contributed by atoms with Gasteiger partial charge in [0.2, 0.25) is 0 Å². The molecule has 0 saturated carbocycles. The van der Waals surface area contributed by atoms with Crippen LogP contribution in [0.3, 0.4) is 0 Å². The summed E-state index contributed by atoms with van der Waals surface area (Å²) < 4.78 is 10.5. The van der Waals surface area contributed by atoms with Crippen molar-refractivity contribution in [1.82, 2.24) is 0 Å². The molecule has 0 aliphatic rings. The lowest BCUT2D eigenvalue weighted by atomic mass is 10.2. The maximum atomic E-state index is 5.27. The Hall–Kier alpha value is -2.36. The number of nitrogens with one attached hydrogen (secondary N) is 1. The van der Waals surface area contributed by atoms with Gasteiger partial charge in [0.1, 0.15) is 11.5 Å². The number of ether oxygens (including phenoxy) is 2. The Balaban J connectivity index is 2.05. The highest BCUT2D eigenvalue weighted by molar-refractivity contribution is 5.54. The number of hydrogen-bond acceptors (Lipinski definition) is 4. The molecular weight excluding hydrogens is 264 g/mol. The number of nitrogens with zero attached hydrogens (tertiary/aromatic N) is 1. The molecule has 1 N–H and O–H groups in total. The third-order valence-corrected chi connectivity index (χ3v) is 3.30. The molecule has 2 rings (SSSR count). The van der Waals surface area contributed by atoms with Gasteiger partial charge >= 0.3 is 0 Å². The molecule has 0 unspecified atom stereocenters. The maximum Gasteiger partial charge on any atom is 0.124 e. The summed E-state index contributed by atoms with van der Waals surface area (Å²) in [5.41, 5.74) is 3.40. The van der Waals surface area contributed by atoms with Crippen molar-refractivity contribution in [1.29, 1.82) is 0 Å². The molecule has 0 aliphatic carbocycles. The van der Waals surface area contributed by atoms with E-state index in [0.29, 0.717) is 0 Å². The molecule has 4 heteroatoms. The van der Waals surface area contributed by atoms with Gasteiger partial charge in [-0.25, -0.2) is 0 Å². The Morgan fingerprint density at radius 3 is 1.95 bits per heavy atom. The van der Waals surface area contributed by atoms with Crippen LogP contribution in [0.4, 0.5) is 11.4 Å². The van der Waals surface area contributed by atoms with E-state index in [1.54, 1.807) is 14.2 Å². The Morgan fingerprint density at radius 1 is 0.905 bits per heavy atom. The van der Waals surface area contributed by atoms with Crippen molar-refractivity contribution in [2.45, 2.75) is 6.54 Å². The van der Waals surface area contributed by atoms with E-state index in [0.717, 1.165) is 23.7 Å². The van der Waals surface area contributed by atoms with E-state index >= 15 is 0 Å². The van der Waals surface area contributed by atoms with Crippen LogP contribution >= 0.6 is 0 Å². The van der Waals surface area contributed by atoms with E-state index in [9.17, 15) is 0 Å². The molecule has 0 saturated heterocycles. The second-order valence-electron chi connectivity index (χ2n) is 5.02. The van der Waals surface area contributed by atoms with Crippen LogP contribution in [0, 0.1) is 0 Å². The minimum Gasteiger partial charge on any atom is -0.497 e. The zero-order chi connectivity index (χ0) is 15.2. The Labute approximate surface area is 126 Å². The first-order valence-electron chi connectivity index (χ1n) is 6.85. The van der Waals surface area contributed by atoms with Crippen molar-refractivity contribution >= 4 is 11.4 Å². The SMILES string of the molecule is COc1cc(NCc2ccc(N(C)C)cc2)cc(OC)c1. The van der Waals surface area contributed by atoms with Crippen molar-refractivity contribution in [2.24, 2.45) is 0 Å². The Morgan fingerprint density at radius 2 is 1.48 bits per heavy atom. The zero-order valence-corrected chi connectivity index (χ0v) is 13.0. The molecular formula is C17H22N2O2. The number of benzene rings is 2. The predicted molar refractivity (Wildman–Crippen MR) is 87.6 cm³/mol. The third-order valence-electron chi connectivity index (χ3n) is 3.30. The molecule has 0 bridgehead atoms. The summed E-state index contributed by atoms with van der Waals surface area (Å²) in [7, 11) is 7.38. The van der Waals surface area contributed by atoms with Gasteiger partial charge in [0.25, 0.3) is 0 Å². The molecule has 0 amide bonds. The van der Waals surface area contributed by atoms with Crippen molar-refractivity contribution in [2.75, 3.05) is 38.5 Å². The average molecular weight is 286 g/mol. The summed E-state index contributed by atoms with van der Waals surface area (Å²) >= 11 is 0. The highest BCUT2D eigenvalue weighted by Gasteiger charge is 2.02. The van der Waals surface area contributed by atoms with Crippen LogP contribution in [-0.4, -0.2) is 28.3 Å². The molecule has 0 spiro atoms. The van der Waals surface area contributed by atoms with Gasteiger partial charge in [0.05, 0.1) is 14.2 Å². The van der Waals surface area contributed by atoms with Crippen LogP contribution in [0.15, 0.2) is 42.5 Å². The second kappa shape index (κ2) is 6.88. The highest BCUT2D eigenvalue weighted by atomic mass is 16.5. The monoisotopic (exact) mass is 286 g/mol. The lowest BCUT2D eigenvalue weighted by Gasteiger charge is -2.14. The van der Waals surface area contributed by atoms with Crippen molar-refractivity contribution in [3.63, 3.8) is 0 Å². The quantitative estimate of drug-likeness (QED) is 0.882. The summed E-state index contributed by atoms with van der Waals surface area (Å²) in [5, 5.41) is 3.39. The summed E-state index contributed by atoms with van der Waals surface area (Å²) in [6.45, 7) is 0.754. The van der Waals surface area contributed by atoms with Crippen molar-refractivity contribution in [3.05, 3.63) is 48.0 Å². The fraction of sp³-hybridized carbons (Fsp3) is 0.294. The minimum absolute atomic E-state index is 0.754. The van der Waals surface area contributed by atoms with Crippen LogP contribution in [0.5, 0.6) is 11.5 Å². The van der Waals surface area contributed by atoms with Gasteiger partial charge in [-0.1, -0.05) is 12.1 Å². The van der Waals surface area contributed by atoms with Gasteiger partial charge in [-0.05, 0) is 17.7 Å². The molecule has 4 nitrogen and oxygen atoms in total. The van der Waals surface area contributed by atoms with Crippen LogP contribution in [0.1, 0.15) is 5.56 Å². The summed E-state index contributed by atoms with van der Waals surface area (Å²) in [5.74, 6) is 1.56. The average Bonchev–Trinajstić information content (AvgIpc) is 2.52. The van der Waals surface area contributed by atoms with Gasteiger partial charge < -0.3 is 19.7 Å². The van der Waals surface area contributed by atoms with Gasteiger partial charge in [-0.15, -0.1) is 0 Å². The van der Waals surface area contributed by atoms with E-state index in [2.05, 4.69) is 34.5 Å². The Bertz CT molecular complexity index is 558. The fourth-order valence-electron chi connectivity index (χ4n) is 2.03. The molecule has 0 heterocycles. The number of hydrogen-bond donors (Lipinski definition) is 1. The normalized spacial score (nSPS) is 10.1. The molecule has 21 heavy (non-hydrogen) atoms. The van der Waals surface area contributed by atoms with Gasteiger partial charge in [-0.2, -0.15) is 0 Å². The minimum atomic E-state index is 0.754. The first-order valence-corrected chi connectivity index (χ1v) is 6.85. The van der Waals surface area contributed by atoms with Crippen LogP contribution in [0.25, 0.3) is 0 Å². The van der Waals surface area contributed by atoms with Gasteiger partial charge in [-0.3, -0.25) is 0 Å². The number of anilines is 2. The third kappa shape index (κ3) is 4.05. The first kappa shape index (κ1) is 15.0. The lowest BCUT2D eigenvalue weighted by molar-refractivity contribution is 0.394. The van der Waals surface area contributed by atoms with Crippen LogP contribution < -0.4 is 19.7 Å². The van der Waals surface area contributed by atoms with Gasteiger partial charge in [0.15, 0.2) is 0 Å². The maximum absolute atomic E-state index is 5.27. The van der Waals surface area contributed by atoms with E-state index in [-0.39, 0.29) is 0 Å². The zero-order valence-electron chi connectivity index (χ0n) is 13.0. The lowest BCUT2D eigenvalue weighted by Crippen LogP contribution is -2.08. The van der Waals surface area contributed by atoms with E-state index in [4.69, 9.17) is 9.47 Å². The number of methoxy groups -OCH3 is 2. The topological polar surface area (TPSA) is 33.7 Å². The Kier molecular flexibility index (Phi) is 4.93. The van der Waals surface area contributed by atoms with Crippen LogP contribution in [0.2, 0.25) is 0 Å². The van der Waals surface area contributed by atoms with E-state index < -0.39 is 0 Å². The van der Waals surface area contributed by atoms with E-state index in [1.807, 2.05) is 32.3 Å². The largest absolute Gasteiger partial charge is 0.497 e. The van der Waals surface area contributed by atoms with Gasteiger partial charge in [0, 0.05) is 50.2 Å². The summed E-state index contributed by atoms with van der Waals surface area (Å²) in [4.78, 5) is 2.09. The molecule has 0 atom stereocenters. The summed E-state index contributed by atoms with van der Waals surface area (Å²) in [6.07, 6.45) is 0. The molecule has 0 radical (unpaired) electrons. The highest BCUT2D eigenvalue weighted by Crippen LogP contribution is 2.26. The van der Waals surface area contributed by atoms with Crippen LogP contribution in [-0.2, 0) is 6.54 Å². The standard InChI is InChI=1S/C17H22N2O2/c1-19(2)15-7-5-13(6-8-15)12-18-14-9-16(20-3)11-17(10-14)21-4/h5-11,18H,12H2,1-4H3. The molecule has 112 valence electrons. The second-order valence-corrected chi connectivity index (χ2v) is 5.02. The summed E-state index contributed by atoms with van der Waals surface area (Å²) in [6, 6.07) is 14.2. The molecule has 0 aliphatic heterocycles. The molecule has 0 aromatic heterocycles. The molecule has 2 aromatic carbocycles. The van der Waals surface area contributed by atoms with Crippen molar-refractivity contribution in [3.8, 4) is 11.5 Å². The number of rotatable bonds is 6. The van der Waals surface area contributed by atoms with Crippen molar-refractivity contribution < 1.29 is 9.47 Å². The smallest absolute Gasteiger partial charge is 0.124 e.